The lowest BCUT2D eigenvalue weighted by molar-refractivity contribution is -0.114. The summed E-state index contributed by atoms with van der Waals surface area (Å²) in [5, 5.41) is 9.25. The fourth-order valence-corrected chi connectivity index (χ4v) is 3.39. The number of nitrogen functional groups attached to an aromatic ring is 1. The molecule has 8 nitrogen and oxygen atoms in total. The highest BCUT2D eigenvalue weighted by atomic mass is 32.2. The fraction of sp³-hybridized carbons (Fsp3) is 0.100. The molecule has 0 bridgehead atoms. The molecule has 0 radical (unpaired) electrons. The van der Waals surface area contributed by atoms with Gasteiger partial charge < -0.3 is 11.1 Å². The maximum atomic E-state index is 13.6. The second kappa shape index (κ2) is 5.61. The van der Waals surface area contributed by atoms with Crippen LogP contribution in [0, 0.1) is 5.82 Å². The molecule has 0 aliphatic heterocycles. The summed E-state index contributed by atoms with van der Waals surface area (Å²) in [6, 6.07) is 3.77. The highest BCUT2D eigenvalue weighted by Gasteiger charge is 2.23. The zero-order valence-electron chi connectivity index (χ0n) is 10.6. The molecule has 2 aromatic rings. The first-order valence-electron chi connectivity index (χ1n) is 5.47. The van der Waals surface area contributed by atoms with Gasteiger partial charge in [0.05, 0.1) is 5.69 Å². The van der Waals surface area contributed by atoms with Crippen LogP contribution in [-0.4, -0.2) is 24.5 Å². The predicted octanol–water partition coefficient (Wildman–Crippen LogP) is 1.02. The fourth-order valence-electron chi connectivity index (χ4n) is 1.35. The van der Waals surface area contributed by atoms with Crippen LogP contribution in [0.4, 0.5) is 20.9 Å². The van der Waals surface area contributed by atoms with Crippen molar-refractivity contribution in [2.24, 2.45) is 0 Å². The number of sulfonamides is 1. The number of carbonyl (C=O) groups is 1. The van der Waals surface area contributed by atoms with E-state index in [2.05, 4.69) is 15.5 Å². The summed E-state index contributed by atoms with van der Waals surface area (Å²) in [6.07, 6.45) is 0. The Bertz CT molecular complexity index is 769. The molecule has 0 atom stereocenters. The molecule has 0 aliphatic rings. The number of rotatable bonds is 4. The van der Waals surface area contributed by atoms with Gasteiger partial charge in [-0.15, -0.1) is 10.2 Å². The van der Waals surface area contributed by atoms with E-state index < -0.39 is 26.1 Å². The Hall–Kier alpha value is -2.27. The molecule has 1 aromatic carbocycles. The van der Waals surface area contributed by atoms with Gasteiger partial charge in [0, 0.05) is 6.92 Å². The number of hydrogen-bond donors (Lipinski definition) is 3. The van der Waals surface area contributed by atoms with Crippen molar-refractivity contribution in [1.82, 2.24) is 10.2 Å². The maximum Gasteiger partial charge on any atom is 0.291 e. The monoisotopic (exact) mass is 331 g/mol. The average Bonchev–Trinajstić information content (AvgIpc) is 2.82. The number of anilines is 3. The third kappa shape index (κ3) is 3.44. The van der Waals surface area contributed by atoms with Gasteiger partial charge in [-0.2, -0.15) is 8.42 Å². The molecule has 1 amide bonds. The van der Waals surface area contributed by atoms with E-state index in [9.17, 15) is 17.6 Å². The number of nitrogens with zero attached hydrogens (tertiary/aromatic N) is 2. The third-order valence-electron chi connectivity index (χ3n) is 2.20. The molecule has 0 spiro atoms. The Morgan fingerprint density at radius 1 is 1.38 bits per heavy atom. The highest BCUT2D eigenvalue weighted by molar-refractivity contribution is 7.94. The summed E-state index contributed by atoms with van der Waals surface area (Å²) in [5.74, 6) is -1.23. The Morgan fingerprint density at radius 2 is 2.10 bits per heavy atom. The van der Waals surface area contributed by atoms with E-state index in [1.54, 1.807) is 0 Å². The zero-order valence-corrected chi connectivity index (χ0v) is 12.3. The first kappa shape index (κ1) is 15.1. The van der Waals surface area contributed by atoms with Crippen molar-refractivity contribution < 1.29 is 17.6 Å². The smallest absolute Gasteiger partial charge is 0.291 e. The predicted molar refractivity (Wildman–Crippen MR) is 75.8 cm³/mol. The number of carbonyl (C=O) groups excluding carboxylic acids is 1. The summed E-state index contributed by atoms with van der Waals surface area (Å²) < 4.78 is 39.3. The molecule has 0 fully saturated rings. The third-order valence-corrected chi connectivity index (χ3v) is 4.76. The van der Waals surface area contributed by atoms with Gasteiger partial charge in [-0.25, -0.2) is 4.39 Å². The molecule has 1 heterocycles. The van der Waals surface area contributed by atoms with Gasteiger partial charge in [0.25, 0.3) is 14.4 Å². The maximum absolute atomic E-state index is 13.6. The molecule has 11 heteroatoms. The Balaban J connectivity index is 2.30. The Labute approximate surface area is 123 Å². The second-order valence-electron chi connectivity index (χ2n) is 3.86. The first-order chi connectivity index (χ1) is 9.79. The normalized spacial score (nSPS) is 11.1. The number of nitrogens with two attached hydrogens (primary N) is 1. The van der Waals surface area contributed by atoms with Gasteiger partial charge in [-0.1, -0.05) is 17.4 Å². The summed E-state index contributed by atoms with van der Waals surface area (Å²) in [5.41, 5.74) is 5.09. The summed E-state index contributed by atoms with van der Waals surface area (Å²) in [7, 11) is -4.15. The number of nitrogens with one attached hydrogen (secondary N) is 2. The molecule has 112 valence electrons. The standard InChI is InChI=1S/C10H10FN5O3S2/c1-5(17)13-9-14-15-10(20-9)21(18,19)16-8-6(11)3-2-4-7(8)12/h2-4,16H,12H2,1H3,(H,13,14,17). The quantitative estimate of drug-likeness (QED) is 0.567. The van der Waals surface area contributed by atoms with Crippen molar-refractivity contribution in [3.8, 4) is 0 Å². The van der Waals surface area contributed by atoms with Crippen LogP contribution in [0.25, 0.3) is 0 Å². The van der Waals surface area contributed by atoms with Crippen LogP contribution in [0.1, 0.15) is 6.92 Å². The van der Waals surface area contributed by atoms with E-state index in [0.29, 0.717) is 11.3 Å². The van der Waals surface area contributed by atoms with Crippen LogP contribution in [0.5, 0.6) is 0 Å². The van der Waals surface area contributed by atoms with Crippen molar-refractivity contribution in [3.63, 3.8) is 0 Å². The van der Waals surface area contributed by atoms with Crippen LogP contribution < -0.4 is 15.8 Å². The van der Waals surface area contributed by atoms with Crippen LogP contribution in [0.15, 0.2) is 22.5 Å². The number of amides is 1. The van der Waals surface area contributed by atoms with Crippen LogP contribution in [-0.2, 0) is 14.8 Å². The van der Waals surface area contributed by atoms with Gasteiger partial charge in [-0.3, -0.25) is 9.52 Å². The molecule has 21 heavy (non-hydrogen) atoms. The van der Waals surface area contributed by atoms with Crippen molar-refractivity contribution in [2.75, 3.05) is 15.8 Å². The summed E-state index contributed by atoms with van der Waals surface area (Å²) >= 11 is 0.631. The van der Waals surface area contributed by atoms with Gasteiger partial charge in [-0.05, 0) is 12.1 Å². The van der Waals surface area contributed by atoms with Crippen molar-refractivity contribution in [3.05, 3.63) is 24.0 Å². The van der Waals surface area contributed by atoms with E-state index in [4.69, 9.17) is 5.73 Å². The molecule has 0 saturated heterocycles. The molecule has 0 unspecified atom stereocenters. The topological polar surface area (TPSA) is 127 Å². The highest BCUT2D eigenvalue weighted by Crippen LogP contribution is 2.27. The largest absolute Gasteiger partial charge is 0.397 e. The van der Waals surface area contributed by atoms with E-state index >= 15 is 0 Å². The SMILES string of the molecule is CC(=O)Nc1nnc(S(=O)(=O)Nc2c(N)cccc2F)s1. The Morgan fingerprint density at radius 3 is 2.71 bits per heavy atom. The molecular formula is C10H10FN5O3S2. The first-order valence-corrected chi connectivity index (χ1v) is 7.77. The zero-order chi connectivity index (χ0) is 15.6. The van der Waals surface area contributed by atoms with E-state index in [1.807, 2.05) is 4.72 Å². The lowest BCUT2D eigenvalue weighted by atomic mass is 10.3. The molecule has 0 aliphatic carbocycles. The van der Waals surface area contributed by atoms with Crippen molar-refractivity contribution in [1.29, 1.82) is 0 Å². The number of halogens is 1. The van der Waals surface area contributed by atoms with Gasteiger partial charge >= 0.3 is 0 Å². The number of benzene rings is 1. The molecule has 0 saturated carbocycles. The minimum atomic E-state index is -4.15. The number of aromatic nitrogens is 2. The Kier molecular flexibility index (Phi) is 4.04. The minimum Gasteiger partial charge on any atom is -0.397 e. The van der Waals surface area contributed by atoms with Crippen LogP contribution in [0.2, 0.25) is 0 Å². The van der Waals surface area contributed by atoms with Crippen LogP contribution >= 0.6 is 11.3 Å². The summed E-state index contributed by atoms with van der Waals surface area (Å²) in [6.45, 7) is 1.24. The average molecular weight is 331 g/mol. The lowest BCUT2D eigenvalue weighted by Crippen LogP contribution is -2.15. The second-order valence-corrected chi connectivity index (χ2v) is 6.70. The van der Waals surface area contributed by atoms with Crippen molar-refractivity contribution >= 4 is 43.8 Å². The van der Waals surface area contributed by atoms with Crippen molar-refractivity contribution in [2.45, 2.75) is 11.3 Å². The molecule has 2 rings (SSSR count). The van der Waals surface area contributed by atoms with E-state index in [0.717, 1.165) is 6.07 Å². The van der Waals surface area contributed by atoms with E-state index in [1.165, 1.54) is 19.1 Å². The molecule has 4 N–H and O–H groups in total. The molecule has 1 aromatic heterocycles. The number of para-hydroxylation sites is 1. The number of hydrogen-bond acceptors (Lipinski definition) is 7. The van der Waals surface area contributed by atoms with Gasteiger partial charge in [0.2, 0.25) is 11.0 Å². The molecular weight excluding hydrogens is 321 g/mol. The lowest BCUT2D eigenvalue weighted by Gasteiger charge is -2.08. The minimum absolute atomic E-state index is 0.0179. The summed E-state index contributed by atoms with van der Waals surface area (Å²) in [4.78, 5) is 10.8. The van der Waals surface area contributed by atoms with Crippen LogP contribution in [0.3, 0.4) is 0 Å². The van der Waals surface area contributed by atoms with Gasteiger partial charge in [0.1, 0.15) is 11.5 Å². The van der Waals surface area contributed by atoms with E-state index in [-0.39, 0.29) is 16.5 Å². The van der Waals surface area contributed by atoms with Gasteiger partial charge in [0.15, 0.2) is 0 Å².